The maximum Gasteiger partial charge on any atom is 0.315 e. The Balaban J connectivity index is 0.000000657. The van der Waals surface area contributed by atoms with Gasteiger partial charge in [-0.25, -0.2) is 4.79 Å². The third-order valence-electron chi connectivity index (χ3n) is 5.58. The number of nitrogens with one attached hydrogen (secondary N) is 4. The lowest BCUT2D eigenvalue weighted by molar-refractivity contribution is -0.137. The van der Waals surface area contributed by atoms with Gasteiger partial charge in [0.2, 0.25) is 11.8 Å². The number of carbonyl (C=O) groups is 4. The topological polar surface area (TPSA) is 164 Å². The van der Waals surface area contributed by atoms with Gasteiger partial charge >= 0.3 is 12.0 Å². The number of carboxylic acids is 1. The maximum atomic E-state index is 11.4. The molecule has 0 aromatic carbocycles. The highest BCUT2D eigenvalue weighted by atomic mass is 32.2. The minimum Gasteiger partial charge on any atom is -0.481 e. The Kier molecular flexibility index (Phi) is 20.4. The van der Waals surface area contributed by atoms with Crippen molar-refractivity contribution in [1.29, 1.82) is 0 Å². The third-order valence-corrected chi connectivity index (χ3v) is 6.77. The molecule has 5 N–H and O–H groups in total. The molecule has 220 valence electrons. The van der Waals surface area contributed by atoms with Gasteiger partial charge in [0.25, 0.3) is 0 Å². The van der Waals surface area contributed by atoms with E-state index < -0.39 is 5.97 Å². The van der Waals surface area contributed by atoms with Gasteiger partial charge in [0, 0.05) is 57.1 Å². The highest BCUT2D eigenvalue weighted by Gasteiger charge is 2.35. The second kappa shape index (κ2) is 22.9. The first-order chi connectivity index (χ1) is 18.4. The summed E-state index contributed by atoms with van der Waals surface area (Å²) in [5.41, 5.74) is 0. The molecule has 0 aromatic heterocycles. The van der Waals surface area contributed by atoms with E-state index in [0.29, 0.717) is 84.1 Å². The van der Waals surface area contributed by atoms with Gasteiger partial charge in [-0.2, -0.15) is 11.8 Å². The van der Waals surface area contributed by atoms with Gasteiger partial charge in [0.05, 0.1) is 38.5 Å². The van der Waals surface area contributed by atoms with Gasteiger partial charge in [-0.05, 0) is 25.7 Å². The lowest BCUT2D eigenvalue weighted by atomic mass is 10.2. The van der Waals surface area contributed by atoms with Gasteiger partial charge in [-0.15, -0.1) is 0 Å². The number of thioether (sulfide) groups is 1. The number of amides is 4. The summed E-state index contributed by atoms with van der Waals surface area (Å²) in [4.78, 5) is 43.8. The molecule has 0 aliphatic carbocycles. The van der Waals surface area contributed by atoms with Crippen LogP contribution in [0.3, 0.4) is 0 Å². The van der Waals surface area contributed by atoms with Crippen molar-refractivity contribution in [2.75, 3.05) is 64.2 Å². The molecule has 4 amide bonds. The summed E-state index contributed by atoms with van der Waals surface area (Å²) < 4.78 is 16.2. The quantitative estimate of drug-likeness (QED) is 0.102. The van der Waals surface area contributed by atoms with Gasteiger partial charge < -0.3 is 40.6 Å². The Hall–Kier alpha value is -2.09. The number of aliphatic carboxylic acids is 1. The highest BCUT2D eigenvalue weighted by Crippen LogP contribution is 2.20. The Bertz CT molecular complexity index is 672. The molecule has 0 saturated carbocycles. The van der Waals surface area contributed by atoms with Crippen molar-refractivity contribution < 1.29 is 38.5 Å². The molecule has 0 aromatic rings. The monoisotopic (exact) mass is 562 g/mol. The van der Waals surface area contributed by atoms with Gasteiger partial charge in [0.1, 0.15) is 0 Å². The summed E-state index contributed by atoms with van der Waals surface area (Å²) in [7, 11) is 0. The zero-order valence-corrected chi connectivity index (χ0v) is 23.4. The summed E-state index contributed by atoms with van der Waals surface area (Å²) in [6.45, 7) is 6.31. The number of hydrogen-bond acceptors (Lipinski definition) is 8. The molecule has 13 heteroatoms. The molecule has 0 radical (unpaired) electrons. The average molecular weight is 563 g/mol. The first-order valence-corrected chi connectivity index (χ1v) is 14.7. The van der Waals surface area contributed by atoms with Gasteiger partial charge in [-0.3, -0.25) is 14.4 Å². The largest absolute Gasteiger partial charge is 0.481 e. The Morgan fingerprint density at radius 3 is 1.74 bits per heavy atom. The second-order valence-electron chi connectivity index (χ2n) is 8.96. The van der Waals surface area contributed by atoms with Crippen molar-refractivity contribution in [2.24, 2.45) is 0 Å². The van der Waals surface area contributed by atoms with Crippen LogP contribution < -0.4 is 21.3 Å². The van der Waals surface area contributed by atoms with Crippen LogP contribution in [0.2, 0.25) is 0 Å². The summed E-state index contributed by atoms with van der Waals surface area (Å²) in [5, 5.41) is 19.8. The van der Waals surface area contributed by atoms with E-state index in [1.54, 1.807) is 0 Å². The fraction of sp³-hybridized carbons (Fsp3) is 0.840. The fourth-order valence-corrected chi connectivity index (χ4v) is 4.75. The van der Waals surface area contributed by atoms with E-state index in [0.717, 1.165) is 30.8 Å². The van der Waals surface area contributed by atoms with Crippen molar-refractivity contribution in [2.45, 2.75) is 70.4 Å². The standard InChI is InChI=1S/C20H38N2O7.C5H8N2OS/c1-2-3-7-18(23)21-10-5-12-27-14-16-29-17-15-28-13-6-11-22-19(24)8-4-9-20(25)26;8-5-6-3-1-9-2-4(3)7-5/h2-17H2,1H3,(H,21,23)(H,22,24)(H,25,26);3-4H,1-2H2,(H2,6,7,8). The van der Waals surface area contributed by atoms with Crippen LogP contribution in [0, 0.1) is 0 Å². The Labute approximate surface area is 230 Å². The summed E-state index contributed by atoms with van der Waals surface area (Å²) in [6.07, 6.45) is 4.63. The van der Waals surface area contributed by atoms with E-state index in [4.69, 9.17) is 19.3 Å². The van der Waals surface area contributed by atoms with E-state index in [-0.39, 0.29) is 30.7 Å². The van der Waals surface area contributed by atoms with E-state index in [9.17, 15) is 19.2 Å². The van der Waals surface area contributed by atoms with Crippen LogP contribution in [0.15, 0.2) is 0 Å². The van der Waals surface area contributed by atoms with Crippen LogP contribution in [-0.2, 0) is 28.6 Å². The van der Waals surface area contributed by atoms with Crippen molar-refractivity contribution >= 4 is 35.6 Å². The van der Waals surface area contributed by atoms with E-state index in [1.165, 1.54) is 0 Å². The molecular weight excluding hydrogens is 516 g/mol. The molecule has 2 unspecified atom stereocenters. The van der Waals surface area contributed by atoms with Gasteiger partial charge in [0.15, 0.2) is 0 Å². The van der Waals surface area contributed by atoms with Crippen molar-refractivity contribution in [3.63, 3.8) is 0 Å². The number of ether oxygens (including phenoxy) is 3. The van der Waals surface area contributed by atoms with E-state index >= 15 is 0 Å². The highest BCUT2D eigenvalue weighted by molar-refractivity contribution is 7.99. The maximum absolute atomic E-state index is 11.4. The number of carboxylic acid groups (broad SMARTS) is 1. The minimum atomic E-state index is -0.886. The van der Waals surface area contributed by atoms with E-state index in [2.05, 4.69) is 28.2 Å². The second-order valence-corrected chi connectivity index (χ2v) is 10.0. The zero-order chi connectivity index (χ0) is 27.8. The number of carbonyl (C=O) groups excluding carboxylic acids is 3. The van der Waals surface area contributed by atoms with Crippen LogP contribution in [-0.4, -0.2) is 105 Å². The summed E-state index contributed by atoms with van der Waals surface area (Å²) >= 11 is 1.89. The number of fused-ring (bicyclic) bond motifs is 1. The Morgan fingerprint density at radius 1 is 0.789 bits per heavy atom. The van der Waals surface area contributed by atoms with Crippen molar-refractivity contribution in [3.8, 4) is 0 Å². The third kappa shape index (κ3) is 19.0. The predicted molar refractivity (Wildman–Crippen MR) is 145 cm³/mol. The molecule has 2 aliphatic heterocycles. The normalized spacial score (nSPS) is 17.6. The molecule has 2 atom stereocenters. The van der Waals surface area contributed by atoms with Crippen LogP contribution in [0.5, 0.6) is 0 Å². The first-order valence-electron chi connectivity index (χ1n) is 13.6. The number of urea groups is 1. The number of rotatable bonds is 21. The molecule has 12 nitrogen and oxygen atoms in total. The van der Waals surface area contributed by atoms with Crippen molar-refractivity contribution in [3.05, 3.63) is 0 Å². The van der Waals surface area contributed by atoms with Gasteiger partial charge in [-0.1, -0.05) is 13.3 Å². The van der Waals surface area contributed by atoms with Crippen molar-refractivity contribution in [1.82, 2.24) is 21.3 Å². The number of hydrogen-bond donors (Lipinski definition) is 5. The SMILES string of the molecule is CCCCC(=O)NCCCOCCOCCOCCCNC(=O)CCCC(=O)O.O=C1NC2CSCC2N1. The molecule has 2 rings (SSSR count). The molecule has 38 heavy (non-hydrogen) atoms. The molecule has 2 fully saturated rings. The Morgan fingerprint density at radius 2 is 1.26 bits per heavy atom. The first kappa shape index (κ1) is 33.9. The molecule has 0 spiro atoms. The molecule has 2 aliphatic rings. The zero-order valence-electron chi connectivity index (χ0n) is 22.6. The van der Waals surface area contributed by atoms with Crippen LogP contribution in [0.4, 0.5) is 4.79 Å². The minimum absolute atomic E-state index is 0.00491. The predicted octanol–water partition coefficient (Wildman–Crippen LogP) is 1.28. The molecular formula is C25H46N4O8S. The summed E-state index contributed by atoms with van der Waals surface area (Å²) in [5.74, 6) is 1.23. The average Bonchev–Trinajstić information content (AvgIpc) is 3.46. The van der Waals surface area contributed by atoms with Crippen LogP contribution >= 0.6 is 11.8 Å². The van der Waals surface area contributed by atoms with E-state index in [1.807, 2.05) is 11.8 Å². The number of unbranched alkanes of at least 4 members (excludes halogenated alkanes) is 1. The summed E-state index contributed by atoms with van der Waals surface area (Å²) in [6, 6.07) is 0.815. The smallest absolute Gasteiger partial charge is 0.315 e. The molecule has 2 heterocycles. The van der Waals surface area contributed by atoms with Crippen LogP contribution in [0.25, 0.3) is 0 Å². The lowest BCUT2D eigenvalue weighted by Gasteiger charge is -2.08. The molecule has 0 bridgehead atoms. The lowest BCUT2D eigenvalue weighted by Crippen LogP contribution is -2.31. The fourth-order valence-electron chi connectivity index (χ4n) is 3.48. The molecule has 2 saturated heterocycles. The van der Waals surface area contributed by atoms with Crippen LogP contribution in [0.1, 0.15) is 58.3 Å².